The van der Waals surface area contributed by atoms with E-state index in [1.807, 2.05) is 0 Å². The van der Waals surface area contributed by atoms with Crippen molar-refractivity contribution in [2.45, 2.75) is 6.42 Å². The van der Waals surface area contributed by atoms with Gasteiger partial charge in [-0.3, -0.25) is 15.0 Å². The Morgan fingerprint density at radius 3 is 2.76 bits per heavy atom. The topological polar surface area (TPSA) is 77.3 Å². The summed E-state index contributed by atoms with van der Waals surface area (Å²) in [7, 11) is 0. The molecule has 0 bridgehead atoms. The summed E-state index contributed by atoms with van der Waals surface area (Å²) < 4.78 is 28.3. The molecule has 1 aromatic rings. The highest BCUT2D eigenvalue weighted by Crippen LogP contribution is 2.31. The minimum absolute atomic E-state index is 0.0142. The zero-order chi connectivity index (χ0) is 17.6. The van der Waals surface area contributed by atoms with Crippen molar-refractivity contribution in [3.8, 4) is 0 Å². The quantitative estimate of drug-likeness (QED) is 0.821. The van der Waals surface area contributed by atoms with Gasteiger partial charge in [0.2, 0.25) is 0 Å². The molecule has 0 unspecified atom stereocenters. The van der Waals surface area contributed by atoms with Crippen molar-refractivity contribution >= 4 is 17.5 Å². The van der Waals surface area contributed by atoms with E-state index in [2.05, 4.69) is 15.3 Å². The number of rotatable bonds is 1. The third-order valence-corrected chi connectivity index (χ3v) is 3.99. The van der Waals surface area contributed by atoms with E-state index in [1.165, 1.54) is 24.3 Å². The van der Waals surface area contributed by atoms with Crippen molar-refractivity contribution in [3.05, 3.63) is 70.7 Å². The van der Waals surface area contributed by atoms with Gasteiger partial charge in [-0.15, -0.1) is 0 Å². The number of hydrogen-bond acceptors (Lipinski definition) is 5. The lowest BCUT2D eigenvalue weighted by Gasteiger charge is -2.20. The monoisotopic (exact) mass is 342 g/mol. The van der Waals surface area contributed by atoms with Gasteiger partial charge in [0.25, 0.3) is 5.91 Å². The van der Waals surface area contributed by atoms with Crippen LogP contribution in [-0.2, 0) is 4.79 Å². The fraction of sp³-hybridized carbons (Fsp3) is 0.118. The lowest BCUT2D eigenvalue weighted by molar-refractivity contribution is -0.117. The standard InChI is InChI=1S/C17H12F2N4O2/c18-11-4-2-1-3-9(11)16-22-15(12(19)8-23(16)25)14-7-10-13(21-14)5-6-20-17(10)24/h1-4,7-8,25H,5-6H2,(H,20,24). The Balaban J connectivity index is 1.85. The van der Waals surface area contributed by atoms with Crippen molar-refractivity contribution in [1.82, 2.24) is 10.4 Å². The maximum Gasteiger partial charge on any atom is 0.253 e. The molecule has 2 N–H and O–H groups in total. The number of nitrogens with one attached hydrogen (secondary N) is 1. The van der Waals surface area contributed by atoms with Crippen molar-refractivity contribution < 1.29 is 18.8 Å². The first-order chi connectivity index (χ1) is 12.0. The first kappa shape index (κ1) is 15.4. The Kier molecular flexibility index (Phi) is 3.54. The molecule has 25 heavy (non-hydrogen) atoms. The van der Waals surface area contributed by atoms with Crippen LogP contribution in [0.25, 0.3) is 0 Å². The maximum absolute atomic E-state index is 14.3. The van der Waals surface area contributed by atoms with Gasteiger partial charge >= 0.3 is 0 Å². The average molecular weight is 342 g/mol. The van der Waals surface area contributed by atoms with Gasteiger partial charge in [0.05, 0.1) is 28.7 Å². The van der Waals surface area contributed by atoms with E-state index in [9.17, 15) is 18.8 Å². The van der Waals surface area contributed by atoms with E-state index in [-0.39, 0.29) is 28.7 Å². The summed E-state index contributed by atoms with van der Waals surface area (Å²) in [5.74, 6) is -1.88. The van der Waals surface area contributed by atoms with Gasteiger partial charge < -0.3 is 5.32 Å². The molecule has 3 aliphatic rings. The Bertz CT molecular complexity index is 944. The summed E-state index contributed by atoms with van der Waals surface area (Å²) in [4.78, 5) is 20.2. The Morgan fingerprint density at radius 1 is 1.20 bits per heavy atom. The van der Waals surface area contributed by atoms with Gasteiger partial charge in [0, 0.05) is 13.0 Å². The SMILES string of the molecule is O=C1NCCC2=NC(=C3N=C(c4ccccc4F)N(O)C=C3F)C=C12. The minimum atomic E-state index is -0.835. The summed E-state index contributed by atoms with van der Waals surface area (Å²) >= 11 is 0. The molecule has 1 amide bonds. The Hall–Kier alpha value is -3.13. The van der Waals surface area contributed by atoms with Gasteiger partial charge in [-0.2, -0.15) is 0 Å². The first-order valence-electron chi connectivity index (χ1n) is 7.56. The van der Waals surface area contributed by atoms with Crippen molar-refractivity contribution in [1.29, 1.82) is 0 Å². The highest BCUT2D eigenvalue weighted by Gasteiger charge is 2.29. The van der Waals surface area contributed by atoms with Gasteiger partial charge in [-0.25, -0.2) is 18.8 Å². The molecule has 0 spiro atoms. The number of nitrogens with zero attached hydrogens (tertiary/aromatic N) is 3. The predicted molar refractivity (Wildman–Crippen MR) is 85.9 cm³/mol. The molecular formula is C17H12F2N4O2. The zero-order valence-electron chi connectivity index (χ0n) is 12.8. The number of hydroxylamine groups is 2. The molecule has 126 valence electrons. The number of aliphatic imine (C=N–C) groups is 2. The van der Waals surface area contributed by atoms with Crippen LogP contribution in [0.15, 0.2) is 69.3 Å². The van der Waals surface area contributed by atoms with Crippen LogP contribution in [-0.4, -0.2) is 34.3 Å². The lowest BCUT2D eigenvalue weighted by atomic mass is 10.0. The third kappa shape index (κ3) is 2.56. The van der Waals surface area contributed by atoms with Crippen LogP contribution in [0, 0.1) is 5.82 Å². The van der Waals surface area contributed by atoms with Crippen LogP contribution in [0.2, 0.25) is 0 Å². The van der Waals surface area contributed by atoms with Crippen LogP contribution >= 0.6 is 0 Å². The number of benzene rings is 1. The molecule has 6 nitrogen and oxygen atoms in total. The second-order valence-electron chi connectivity index (χ2n) is 5.59. The largest absolute Gasteiger partial charge is 0.352 e. The Labute approximate surface area is 141 Å². The third-order valence-electron chi connectivity index (χ3n) is 3.99. The fourth-order valence-electron chi connectivity index (χ4n) is 2.80. The number of allylic oxidation sites excluding steroid dienone is 2. The summed E-state index contributed by atoms with van der Waals surface area (Å²) in [6.45, 7) is 0.462. The first-order valence-corrected chi connectivity index (χ1v) is 7.56. The summed E-state index contributed by atoms with van der Waals surface area (Å²) in [5, 5.41) is 13.0. The molecule has 0 saturated carbocycles. The molecule has 3 heterocycles. The molecule has 1 aromatic carbocycles. The molecule has 1 saturated heterocycles. The van der Waals surface area contributed by atoms with Crippen molar-refractivity contribution in [3.63, 3.8) is 0 Å². The van der Waals surface area contributed by atoms with Crippen LogP contribution in [0.4, 0.5) is 8.78 Å². The van der Waals surface area contributed by atoms with E-state index < -0.39 is 11.6 Å². The van der Waals surface area contributed by atoms with E-state index in [0.717, 1.165) is 6.20 Å². The van der Waals surface area contributed by atoms with Crippen LogP contribution < -0.4 is 5.32 Å². The van der Waals surface area contributed by atoms with Crippen LogP contribution in [0.1, 0.15) is 12.0 Å². The second-order valence-corrected chi connectivity index (χ2v) is 5.59. The number of halogens is 2. The van der Waals surface area contributed by atoms with Crippen molar-refractivity contribution in [2.75, 3.05) is 6.54 Å². The van der Waals surface area contributed by atoms with Crippen LogP contribution in [0.3, 0.4) is 0 Å². The van der Waals surface area contributed by atoms with E-state index >= 15 is 0 Å². The smallest absolute Gasteiger partial charge is 0.253 e. The molecule has 1 fully saturated rings. The highest BCUT2D eigenvalue weighted by molar-refractivity contribution is 6.25. The minimum Gasteiger partial charge on any atom is -0.352 e. The maximum atomic E-state index is 14.3. The van der Waals surface area contributed by atoms with E-state index in [0.29, 0.717) is 29.3 Å². The number of piperidine rings is 1. The molecule has 0 atom stereocenters. The van der Waals surface area contributed by atoms with Gasteiger partial charge in [0.1, 0.15) is 11.5 Å². The lowest BCUT2D eigenvalue weighted by Crippen LogP contribution is -2.35. The Morgan fingerprint density at radius 2 is 2.00 bits per heavy atom. The number of amidine groups is 1. The van der Waals surface area contributed by atoms with Gasteiger partial charge in [-0.1, -0.05) is 12.1 Å². The molecule has 0 radical (unpaired) electrons. The number of hydrogen-bond donors (Lipinski definition) is 2. The number of fused-ring (bicyclic) bond motifs is 1. The number of amides is 1. The summed E-state index contributed by atoms with van der Waals surface area (Å²) in [6, 6.07) is 5.70. The molecule has 8 heteroatoms. The summed E-state index contributed by atoms with van der Waals surface area (Å²) in [5.41, 5.74) is 0.951. The molecular weight excluding hydrogens is 330 g/mol. The van der Waals surface area contributed by atoms with E-state index in [1.54, 1.807) is 6.07 Å². The van der Waals surface area contributed by atoms with Crippen LogP contribution in [0.5, 0.6) is 0 Å². The normalized spacial score (nSPS) is 22.7. The van der Waals surface area contributed by atoms with Gasteiger partial charge in [-0.05, 0) is 18.2 Å². The average Bonchev–Trinajstić information content (AvgIpc) is 3.01. The summed E-state index contributed by atoms with van der Waals surface area (Å²) in [6.07, 6.45) is 2.77. The number of carbonyl (C=O) groups excluding carboxylic acids is 1. The molecule has 0 aromatic heterocycles. The highest BCUT2D eigenvalue weighted by atomic mass is 19.1. The van der Waals surface area contributed by atoms with Gasteiger partial charge in [0.15, 0.2) is 11.7 Å². The van der Waals surface area contributed by atoms with Crippen molar-refractivity contribution in [2.24, 2.45) is 9.98 Å². The number of carbonyl (C=O) groups is 1. The van der Waals surface area contributed by atoms with E-state index in [4.69, 9.17) is 0 Å². The molecule has 3 aliphatic heterocycles. The second kappa shape index (κ2) is 5.75. The predicted octanol–water partition coefficient (Wildman–Crippen LogP) is 2.20. The molecule has 0 aliphatic carbocycles. The zero-order valence-corrected chi connectivity index (χ0v) is 12.8. The fourth-order valence-corrected chi connectivity index (χ4v) is 2.80. The molecule has 4 rings (SSSR count).